The van der Waals surface area contributed by atoms with Gasteiger partial charge in [0.2, 0.25) is 0 Å². The molecule has 0 spiro atoms. The van der Waals surface area contributed by atoms with Gasteiger partial charge in [-0.2, -0.15) is 0 Å². The molecule has 0 aliphatic heterocycles. The van der Waals surface area contributed by atoms with E-state index in [2.05, 4.69) is 45.8 Å². The normalized spacial score (nSPS) is 12.0. The molecular formula is C15H44O4Si3. The molecule has 0 atom stereocenters. The number of ether oxygens (including phenoxy) is 1. The molecule has 0 unspecified atom stereocenters. The fourth-order valence-corrected chi connectivity index (χ4v) is 14.6. The molecule has 0 aliphatic rings. The second kappa shape index (κ2) is 12.9. The molecule has 0 saturated heterocycles. The monoisotopic (exact) mass is 372 g/mol. The Bertz CT molecular complexity index is 234. The molecule has 22 heavy (non-hydrogen) atoms. The lowest BCUT2D eigenvalue weighted by Crippen LogP contribution is -2.52. The van der Waals surface area contributed by atoms with Crippen molar-refractivity contribution in [2.24, 2.45) is 0 Å². The minimum absolute atomic E-state index is 0. The van der Waals surface area contributed by atoms with E-state index in [1.54, 1.807) is 0 Å². The summed E-state index contributed by atoms with van der Waals surface area (Å²) in [7, 11) is -5.28. The molecule has 0 aromatic rings. The summed E-state index contributed by atoms with van der Waals surface area (Å²) in [6.07, 6.45) is 0.942. The molecule has 4 nitrogen and oxygen atoms in total. The topological polar surface area (TPSA) is 47.9 Å². The molecule has 0 radical (unpaired) electrons. The van der Waals surface area contributed by atoms with Crippen LogP contribution in [0.1, 0.15) is 28.7 Å². The van der Waals surface area contributed by atoms with Crippen molar-refractivity contribution in [1.82, 2.24) is 0 Å². The lowest BCUT2D eigenvalue weighted by Gasteiger charge is -2.38. The van der Waals surface area contributed by atoms with Crippen LogP contribution in [0.15, 0.2) is 0 Å². The fourth-order valence-electron chi connectivity index (χ4n) is 2.08. The van der Waals surface area contributed by atoms with Crippen LogP contribution in [0.3, 0.4) is 0 Å². The average molecular weight is 373 g/mol. The van der Waals surface area contributed by atoms with Crippen molar-refractivity contribution in [2.45, 2.75) is 80.6 Å². The van der Waals surface area contributed by atoms with Gasteiger partial charge in [-0.25, -0.2) is 0 Å². The summed E-state index contributed by atoms with van der Waals surface area (Å²) in [6.45, 7) is 16.7. The van der Waals surface area contributed by atoms with Crippen molar-refractivity contribution in [3.63, 3.8) is 0 Å². The van der Waals surface area contributed by atoms with Gasteiger partial charge in [-0.15, -0.1) is 0 Å². The van der Waals surface area contributed by atoms with Crippen molar-refractivity contribution in [3.05, 3.63) is 0 Å². The summed E-state index contributed by atoms with van der Waals surface area (Å²) in [6, 6.07) is 0.965. The van der Waals surface area contributed by atoms with Gasteiger partial charge >= 0.3 is 8.56 Å². The van der Waals surface area contributed by atoms with Gasteiger partial charge in [0, 0.05) is 6.61 Å². The van der Waals surface area contributed by atoms with Crippen molar-refractivity contribution >= 4 is 25.2 Å². The maximum absolute atomic E-state index is 8.68. The Hall–Kier alpha value is 0.491. The van der Waals surface area contributed by atoms with Crippen LogP contribution >= 0.6 is 0 Å². The van der Waals surface area contributed by atoms with E-state index in [1.165, 1.54) is 0 Å². The first kappa shape index (κ1) is 30.4. The van der Waals surface area contributed by atoms with E-state index >= 15 is 0 Å². The second-order valence-corrected chi connectivity index (χ2v) is 19.9. The van der Waals surface area contributed by atoms with Crippen LogP contribution in [0, 0.1) is 0 Å². The highest BCUT2D eigenvalue weighted by Gasteiger charge is 2.39. The Kier molecular flexibility index (Phi) is 17.8. The number of aliphatic hydroxyl groups is 1. The molecule has 0 rings (SSSR count). The average Bonchev–Trinajstić information content (AvgIpc) is 2.10. The molecule has 7 heteroatoms. The largest absolute Gasteiger partial charge is 0.437 e. The van der Waals surface area contributed by atoms with Crippen LogP contribution in [-0.4, -0.2) is 50.1 Å². The zero-order chi connectivity index (χ0) is 15.2. The molecular weight excluding hydrogens is 328 g/mol. The van der Waals surface area contributed by atoms with Crippen LogP contribution in [0.4, 0.5) is 0 Å². The lowest BCUT2D eigenvalue weighted by molar-refractivity contribution is 0.0919. The standard InChI is InChI=1S/C12H32O4Si3.3CH4/c1-17(2,3)15-19(7,16-18(4,5)6)12-8-10-14-11-9-13;;;/h13H,8-12H2,1-7H3;3*1H4. The third kappa shape index (κ3) is 18.5. The summed E-state index contributed by atoms with van der Waals surface area (Å²) >= 11 is 0. The van der Waals surface area contributed by atoms with Crippen LogP contribution in [0.25, 0.3) is 0 Å². The first-order chi connectivity index (χ1) is 8.47. The van der Waals surface area contributed by atoms with E-state index in [0.29, 0.717) is 13.2 Å². The first-order valence-corrected chi connectivity index (χ1v) is 16.4. The second-order valence-electron chi connectivity index (χ2n) is 7.00. The molecule has 0 fully saturated rings. The Morgan fingerprint density at radius 2 is 1.14 bits per heavy atom. The molecule has 140 valence electrons. The van der Waals surface area contributed by atoms with E-state index in [9.17, 15) is 0 Å². The first-order valence-electron chi connectivity index (χ1n) is 7.06. The van der Waals surface area contributed by atoms with Crippen molar-refractivity contribution in [2.75, 3.05) is 19.8 Å². The molecule has 0 aromatic carbocycles. The minimum Gasteiger partial charge on any atom is -0.437 e. The highest BCUT2D eigenvalue weighted by molar-refractivity contribution is 6.87. The Morgan fingerprint density at radius 3 is 1.45 bits per heavy atom. The summed E-state index contributed by atoms with van der Waals surface area (Å²) in [5.74, 6) is 0. The van der Waals surface area contributed by atoms with Crippen LogP contribution < -0.4 is 0 Å². The van der Waals surface area contributed by atoms with E-state index in [4.69, 9.17) is 18.1 Å². The molecule has 0 amide bonds. The number of hydrogen-bond donors (Lipinski definition) is 1. The third-order valence-corrected chi connectivity index (χ3v) is 11.8. The van der Waals surface area contributed by atoms with Gasteiger partial charge in [-0.3, -0.25) is 0 Å². The Balaban J connectivity index is -0.000000540. The molecule has 0 saturated carbocycles. The van der Waals surface area contributed by atoms with E-state index in [-0.39, 0.29) is 28.9 Å². The highest BCUT2D eigenvalue weighted by Crippen LogP contribution is 2.25. The van der Waals surface area contributed by atoms with Gasteiger partial charge in [-0.1, -0.05) is 22.3 Å². The maximum Gasteiger partial charge on any atom is 0.314 e. The molecule has 0 aliphatic carbocycles. The highest BCUT2D eigenvalue weighted by atomic mass is 28.5. The van der Waals surface area contributed by atoms with Gasteiger partial charge < -0.3 is 18.1 Å². The molecule has 0 aromatic heterocycles. The summed E-state index contributed by atoms with van der Waals surface area (Å²) in [5, 5.41) is 8.68. The number of rotatable bonds is 10. The predicted molar refractivity (Wildman–Crippen MR) is 108 cm³/mol. The molecule has 1 N–H and O–H groups in total. The summed E-state index contributed by atoms with van der Waals surface area (Å²) in [5.41, 5.74) is 0. The van der Waals surface area contributed by atoms with Crippen LogP contribution in [0.2, 0.25) is 51.9 Å². The summed E-state index contributed by atoms with van der Waals surface area (Å²) in [4.78, 5) is 0. The van der Waals surface area contributed by atoms with Crippen molar-refractivity contribution < 1.29 is 18.1 Å². The Morgan fingerprint density at radius 1 is 0.727 bits per heavy atom. The van der Waals surface area contributed by atoms with E-state index in [1.807, 2.05) is 0 Å². The smallest absolute Gasteiger partial charge is 0.314 e. The summed E-state index contributed by atoms with van der Waals surface area (Å²) < 4.78 is 18.1. The lowest BCUT2D eigenvalue weighted by atomic mass is 10.5. The zero-order valence-corrected chi connectivity index (χ0v) is 16.7. The fraction of sp³-hybridized carbons (Fsp3) is 1.00. The number of hydrogen-bond acceptors (Lipinski definition) is 4. The zero-order valence-electron chi connectivity index (χ0n) is 13.7. The SMILES string of the molecule is C.C.C.C[Si](C)(C)O[Si](C)(CCCOCCO)O[Si](C)(C)C. The Labute approximate surface area is 144 Å². The van der Waals surface area contributed by atoms with Crippen LogP contribution in [0.5, 0.6) is 0 Å². The van der Waals surface area contributed by atoms with Gasteiger partial charge in [0.15, 0.2) is 16.6 Å². The van der Waals surface area contributed by atoms with Gasteiger partial charge in [0.25, 0.3) is 0 Å². The molecule has 0 heterocycles. The maximum atomic E-state index is 8.68. The van der Waals surface area contributed by atoms with Gasteiger partial charge in [0.05, 0.1) is 13.2 Å². The van der Waals surface area contributed by atoms with Gasteiger partial charge in [0.1, 0.15) is 0 Å². The molecule has 0 bridgehead atoms. The van der Waals surface area contributed by atoms with E-state index in [0.717, 1.165) is 12.5 Å². The van der Waals surface area contributed by atoms with Crippen molar-refractivity contribution in [1.29, 1.82) is 0 Å². The predicted octanol–water partition coefficient (Wildman–Crippen LogP) is 5.07. The third-order valence-electron chi connectivity index (χ3n) is 2.20. The number of aliphatic hydroxyl groups excluding tert-OH is 1. The van der Waals surface area contributed by atoms with Gasteiger partial charge in [-0.05, 0) is 58.3 Å². The van der Waals surface area contributed by atoms with Crippen LogP contribution in [-0.2, 0) is 13.0 Å². The minimum atomic E-state index is -2.10. The van der Waals surface area contributed by atoms with Crippen molar-refractivity contribution in [3.8, 4) is 0 Å². The van der Waals surface area contributed by atoms with E-state index < -0.39 is 25.2 Å². The quantitative estimate of drug-likeness (QED) is 0.429.